The van der Waals surface area contributed by atoms with Crippen LogP contribution in [0.1, 0.15) is 65.1 Å². The number of furan rings is 2. The van der Waals surface area contributed by atoms with Gasteiger partial charge in [0.2, 0.25) is 5.96 Å². The van der Waals surface area contributed by atoms with Crippen molar-refractivity contribution in [3.05, 3.63) is 179 Å². The van der Waals surface area contributed by atoms with E-state index in [9.17, 15) is 0 Å². The lowest BCUT2D eigenvalue weighted by molar-refractivity contribution is 0.420. The summed E-state index contributed by atoms with van der Waals surface area (Å²) in [5.74, 6) is 2.24. The largest absolute Gasteiger partial charge is 0.458 e. The van der Waals surface area contributed by atoms with Gasteiger partial charge in [-0.05, 0) is 101 Å². The highest BCUT2D eigenvalue weighted by atomic mass is 16.3. The second-order valence-electron chi connectivity index (χ2n) is 15.9. The smallest absolute Gasteiger partial charge is 0.226 e. The van der Waals surface area contributed by atoms with Crippen molar-refractivity contribution in [1.82, 2.24) is 0 Å². The van der Waals surface area contributed by atoms with E-state index in [2.05, 4.69) is 158 Å². The molecule has 55 heavy (non-hydrogen) atoms. The molecular weight excluding hydrogens is 675 g/mol. The van der Waals surface area contributed by atoms with E-state index in [1.165, 1.54) is 27.8 Å². The average molecular weight is 712 g/mol. The summed E-state index contributed by atoms with van der Waals surface area (Å²) in [7, 11) is 0. The van der Waals surface area contributed by atoms with Gasteiger partial charge in [-0.25, -0.2) is 9.98 Å². The third-order valence-corrected chi connectivity index (χ3v) is 12.7. The molecule has 2 aliphatic heterocycles. The Morgan fingerprint density at radius 2 is 1.55 bits per heavy atom. The monoisotopic (exact) mass is 711 g/mol. The molecule has 5 unspecified atom stereocenters. The number of allylic oxidation sites excluding steroid dienone is 4. The summed E-state index contributed by atoms with van der Waals surface area (Å²) in [6.45, 7) is 4.67. The van der Waals surface area contributed by atoms with Gasteiger partial charge >= 0.3 is 0 Å². The molecule has 2 aromatic heterocycles. The van der Waals surface area contributed by atoms with Gasteiger partial charge in [0.15, 0.2) is 0 Å². The zero-order chi connectivity index (χ0) is 36.4. The fraction of sp³-hybridized carbons (Fsp3) is 0.160. The summed E-state index contributed by atoms with van der Waals surface area (Å²) in [5.41, 5.74) is 12.9. The Morgan fingerprint density at radius 1 is 0.745 bits per heavy atom. The van der Waals surface area contributed by atoms with Crippen molar-refractivity contribution in [2.24, 2.45) is 21.8 Å². The SMILES string of the molecule is CC1C=Cc2cc(C3N=C(N4c5ccccc5C5(C)C(c6ccc7oc8ccccc8c7c6)=Cc6c(oc7ccccc67)C45)N=C4C=CC=CC43)ccc2C1. The van der Waals surface area contributed by atoms with E-state index in [4.69, 9.17) is 18.8 Å². The zero-order valence-corrected chi connectivity index (χ0v) is 30.6. The maximum Gasteiger partial charge on any atom is 0.226 e. The number of guanidine groups is 1. The molecule has 12 rings (SSSR count). The molecular formula is C50H37N3O2. The van der Waals surface area contributed by atoms with Crippen molar-refractivity contribution in [3.8, 4) is 0 Å². The van der Waals surface area contributed by atoms with Gasteiger partial charge in [-0.3, -0.25) is 4.90 Å². The van der Waals surface area contributed by atoms with Gasteiger partial charge in [0.1, 0.15) is 28.6 Å². The molecule has 0 spiro atoms. The standard InChI is InChI=1S/C50H37N3O2/c1-29-19-20-31-26-33(22-21-30(31)25-29)46-36-13-3-7-15-41(36)51-49(52-46)53-42-16-8-6-14-39(42)50(2)40(28-38-35-12-5-10-18-44(35)55-47(38)48(50)53)32-23-24-45-37(27-32)34-11-4-9-17-43(34)54-45/h3-24,26-29,36,46,48H,25H2,1-2H3. The Kier molecular flexibility index (Phi) is 6.35. The van der Waals surface area contributed by atoms with Crippen LogP contribution in [0.15, 0.2) is 158 Å². The van der Waals surface area contributed by atoms with Crippen LogP contribution < -0.4 is 4.90 Å². The van der Waals surface area contributed by atoms with Gasteiger partial charge in [0.25, 0.3) is 0 Å². The molecule has 5 aromatic carbocycles. The number of benzene rings is 5. The molecule has 264 valence electrons. The van der Waals surface area contributed by atoms with Crippen LogP contribution in [-0.2, 0) is 11.8 Å². The van der Waals surface area contributed by atoms with Crippen molar-refractivity contribution >= 4 is 68.0 Å². The molecule has 0 fully saturated rings. The molecule has 0 bridgehead atoms. The summed E-state index contributed by atoms with van der Waals surface area (Å²) in [6, 6.07) is 38.8. The Labute approximate surface area is 319 Å². The van der Waals surface area contributed by atoms with E-state index >= 15 is 0 Å². The molecule has 0 saturated heterocycles. The van der Waals surface area contributed by atoms with Crippen molar-refractivity contribution in [3.63, 3.8) is 0 Å². The van der Waals surface area contributed by atoms with Crippen LogP contribution in [0.25, 0.3) is 50.6 Å². The minimum atomic E-state index is -0.518. The third kappa shape index (κ3) is 4.35. The lowest BCUT2D eigenvalue weighted by Gasteiger charge is -2.41. The van der Waals surface area contributed by atoms with Crippen LogP contribution in [0.2, 0.25) is 0 Å². The van der Waals surface area contributed by atoms with Gasteiger partial charge in [-0.15, -0.1) is 0 Å². The molecule has 5 aliphatic rings. The fourth-order valence-corrected chi connectivity index (χ4v) is 10.1. The lowest BCUT2D eigenvalue weighted by atomic mass is 9.65. The van der Waals surface area contributed by atoms with Crippen molar-refractivity contribution < 1.29 is 8.83 Å². The normalized spacial score (nSPS) is 24.6. The molecule has 5 atom stereocenters. The number of para-hydroxylation sites is 3. The first-order valence-corrected chi connectivity index (χ1v) is 19.4. The number of fused-ring (bicyclic) bond motifs is 12. The quantitative estimate of drug-likeness (QED) is 0.179. The number of hydrogen-bond acceptors (Lipinski definition) is 5. The Bertz CT molecular complexity index is 2980. The fourth-order valence-electron chi connectivity index (χ4n) is 10.1. The molecule has 7 aromatic rings. The van der Waals surface area contributed by atoms with E-state index in [0.29, 0.717) is 11.9 Å². The van der Waals surface area contributed by atoms with E-state index in [-0.39, 0.29) is 18.0 Å². The van der Waals surface area contributed by atoms with Crippen LogP contribution in [0, 0.1) is 11.8 Å². The van der Waals surface area contributed by atoms with E-state index in [1.54, 1.807) is 0 Å². The van der Waals surface area contributed by atoms with Gasteiger partial charge in [0, 0.05) is 38.7 Å². The highest BCUT2D eigenvalue weighted by Gasteiger charge is 2.57. The molecule has 0 N–H and O–H groups in total. The molecule has 5 heteroatoms. The van der Waals surface area contributed by atoms with Crippen LogP contribution in [0.4, 0.5) is 5.69 Å². The van der Waals surface area contributed by atoms with Crippen molar-refractivity contribution in [1.29, 1.82) is 0 Å². The summed E-state index contributed by atoms with van der Waals surface area (Å²) in [5, 5.41) is 3.34. The average Bonchev–Trinajstić information content (AvgIpc) is 3.87. The maximum absolute atomic E-state index is 6.97. The van der Waals surface area contributed by atoms with Crippen LogP contribution in [0.5, 0.6) is 0 Å². The first-order valence-electron chi connectivity index (χ1n) is 19.4. The first-order chi connectivity index (χ1) is 27.0. The van der Waals surface area contributed by atoms with Gasteiger partial charge in [-0.2, -0.15) is 0 Å². The van der Waals surface area contributed by atoms with Gasteiger partial charge in [0.05, 0.1) is 11.8 Å². The number of anilines is 1. The van der Waals surface area contributed by atoms with E-state index in [0.717, 1.165) is 67.6 Å². The zero-order valence-electron chi connectivity index (χ0n) is 30.6. The lowest BCUT2D eigenvalue weighted by Crippen LogP contribution is -2.43. The van der Waals surface area contributed by atoms with Crippen molar-refractivity contribution in [2.75, 3.05) is 4.90 Å². The predicted molar refractivity (Wildman–Crippen MR) is 225 cm³/mol. The highest BCUT2D eigenvalue weighted by molar-refractivity contribution is 6.15. The third-order valence-electron chi connectivity index (χ3n) is 12.7. The molecule has 0 radical (unpaired) electrons. The summed E-state index contributed by atoms with van der Waals surface area (Å²) >= 11 is 0. The highest BCUT2D eigenvalue weighted by Crippen LogP contribution is 2.63. The van der Waals surface area contributed by atoms with Gasteiger partial charge < -0.3 is 8.83 Å². The minimum Gasteiger partial charge on any atom is -0.458 e. The summed E-state index contributed by atoms with van der Waals surface area (Å²) in [4.78, 5) is 13.5. The minimum absolute atomic E-state index is 0.0441. The molecule has 4 heterocycles. The number of aliphatic imine (C=N–C) groups is 2. The van der Waals surface area contributed by atoms with E-state index < -0.39 is 5.41 Å². The molecule has 3 aliphatic carbocycles. The topological polar surface area (TPSA) is 54.2 Å². The van der Waals surface area contributed by atoms with Gasteiger partial charge in [-0.1, -0.05) is 110 Å². The second-order valence-corrected chi connectivity index (χ2v) is 15.9. The van der Waals surface area contributed by atoms with Crippen LogP contribution in [0.3, 0.4) is 0 Å². The summed E-state index contributed by atoms with van der Waals surface area (Å²) < 4.78 is 13.3. The Hall–Kier alpha value is -6.46. The maximum atomic E-state index is 6.97. The van der Waals surface area contributed by atoms with Crippen LogP contribution >= 0.6 is 0 Å². The van der Waals surface area contributed by atoms with Crippen LogP contribution in [-0.4, -0.2) is 11.7 Å². The first kappa shape index (κ1) is 30.9. The second kappa shape index (κ2) is 11.3. The number of hydrogen-bond donors (Lipinski definition) is 0. The molecule has 0 amide bonds. The Balaban J connectivity index is 1.09. The predicted octanol–water partition coefficient (Wildman–Crippen LogP) is 12.2. The molecule has 5 nitrogen and oxygen atoms in total. The Morgan fingerprint density at radius 3 is 2.45 bits per heavy atom. The summed E-state index contributed by atoms with van der Waals surface area (Å²) in [6.07, 6.45) is 16.7. The van der Waals surface area contributed by atoms with E-state index in [1.807, 2.05) is 12.1 Å². The number of nitrogens with zero attached hydrogens (tertiary/aromatic N) is 3. The molecule has 0 saturated carbocycles. The van der Waals surface area contributed by atoms with Crippen molar-refractivity contribution in [2.45, 2.75) is 37.8 Å². The number of rotatable bonds is 2.